The molecular weight excluding hydrogens is 362 g/mol. The number of nitrogens with zero attached hydrogens (tertiary/aromatic N) is 1. The predicted molar refractivity (Wildman–Crippen MR) is 94.1 cm³/mol. The largest absolute Gasteiger partial charge is 0.484 e. The van der Waals surface area contributed by atoms with E-state index in [9.17, 15) is 19.2 Å². The molecule has 0 saturated carbocycles. The smallest absolute Gasteiger partial charge is 0.350 e. The molecular formula is C16H13N3O6S. The van der Waals surface area contributed by atoms with Crippen LogP contribution < -0.4 is 27.0 Å². The third-order valence-corrected chi connectivity index (χ3v) is 4.56. The fourth-order valence-electron chi connectivity index (χ4n) is 2.09. The van der Waals surface area contributed by atoms with Crippen LogP contribution in [-0.2, 0) is 9.53 Å². The van der Waals surface area contributed by atoms with E-state index in [1.54, 1.807) is 30.3 Å². The first-order valence-electron chi connectivity index (χ1n) is 7.29. The van der Waals surface area contributed by atoms with E-state index in [0.29, 0.717) is 16.3 Å². The first-order chi connectivity index (χ1) is 12.4. The van der Waals surface area contributed by atoms with Crippen LogP contribution in [0.2, 0.25) is 0 Å². The Morgan fingerprint density at radius 3 is 2.38 bits per heavy atom. The fourth-order valence-corrected chi connectivity index (χ4v) is 3.12. The number of amides is 1. The lowest BCUT2D eigenvalue weighted by atomic mass is 10.2. The normalized spacial score (nSPS) is 10.7. The third-order valence-electron chi connectivity index (χ3n) is 3.39. The topological polar surface area (TPSA) is 130 Å². The van der Waals surface area contributed by atoms with Crippen LogP contribution in [0.1, 0.15) is 9.67 Å². The van der Waals surface area contributed by atoms with Crippen molar-refractivity contribution in [1.29, 1.82) is 0 Å². The van der Waals surface area contributed by atoms with Gasteiger partial charge in [0.15, 0.2) is 6.61 Å². The minimum Gasteiger partial charge on any atom is -0.484 e. The molecule has 0 saturated heterocycles. The van der Waals surface area contributed by atoms with E-state index in [0.717, 1.165) is 21.6 Å². The molecule has 0 fully saturated rings. The first-order valence-corrected chi connectivity index (χ1v) is 8.11. The van der Waals surface area contributed by atoms with Crippen LogP contribution in [0.15, 0.2) is 39.9 Å². The number of hydrogen-bond acceptors (Lipinski definition) is 8. The van der Waals surface area contributed by atoms with Gasteiger partial charge in [0, 0.05) is 4.88 Å². The number of thiophene rings is 1. The van der Waals surface area contributed by atoms with Gasteiger partial charge in [0.1, 0.15) is 10.6 Å². The highest BCUT2D eigenvalue weighted by Gasteiger charge is 2.22. The molecule has 0 unspecified atom stereocenters. The van der Waals surface area contributed by atoms with Gasteiger partial charge >= 0.3 is 17.1 Å². The molecule has 0 aliphatic carbocycles. The minimum atomic E-state index is -0.676. The number of methoxy groups -OCH3 is 1. The van der Waals surface area contributed by atoms with Gasteiger partial charge in [0.05, 0.1) is 12.8 Å². The van der Waals surface area contributed by atoms with Crippen LogP contribution in [0.5, 0.6) is 5.75 Å². The molecule has 0 radical (unpaired) electrons. The molecule has 0 atom stereocenters. The number of nitrogens with two attached hydrogens (primary N) is 1. The zero-order chi connectivity index (χ0) is 18.8. The maximum Gasteiger partial charge on any atom is 0.350 e. The van der Waals surface area contributed by atoms with Crippen molar-refractivity contribution in [2.75, 3.05) is 19.1 Å². The first kappa shape index (κ1) is 17.4. The van der Waals surface area contributed by atoms with E-state index in [4.69, 9.17) is 15.2 Å². The van der Waals surface area contributed by atoms with Crippen LogP contribution in [0.3, 0.4) is 0 Å². The summed E-state index contributed by atoms with van der Waals surface area (Å²) >= 11 is 1.14. The average Bonchev–Trinajstić information content (AvgIpc) is 3.02. The Balaban J connectivity index is 1.87. The van der Waals surface area contributed by atoms with Crippen molar-refractivity contribution in [3.8, 4) is 16.2 Å². The molecule has 2 aromatic heterocycles. The molecule has 1 aromatic carbocycles. The minimum absolute atomic E-state index is 0.225. The summed E-state index contributed by atoms with van der Waals surface area (Å²) in [5.41, 5.74) is 7.33. The molecule has 0 spiro atoms. The number of esters is 1. The Labute approximate surface area is 150 Å². The van der Waals surface area contributed by atoms with Gasteiger partial charge in [0.25, 0.3) is 5.91 Å². The van der Waals surface area contributed by atoms with Gasteiger partial charge in [-0.05, 0) is 35.9 Å². The van der Waals surface area contributed by atoms with Crippen LogP contribution >= 0.6 is 11.3 Å². The summed E-state index contributed by atoms with van der Waals surface area (Å²) in [5, 5.41) is 0. The average molecular weight is 375 g/mol. The highest BCUT2D eigenvalue weighted by molar-refractivity contribution is 7.18. The van der Waals surface area contributed by atoms with Crippen molar-refractivity contribution in [1.82, 2.24) is 4.68 Å². The van der Waals surface area contributed by atoms with Crippen LogP contribution in [0.4, 0.5) is 5.69 Å². The fraction of sp³-hybridized carbons (Fsp3) is 0.125. The standard InChI is InChI=1S/C16H13N3O6S/c1-24-16(23)13-10(18-19-14(21)15(19)22)6-11(26-13)8-2-4-9(5-3-8)25-7-12(17)20/h2-6,18H,7H2,1H3,(H2,17,20). The summed E-state index contributed by atoms with van der Waals surface area (Å²) in [6.07, 6.45) is 0. The summed E-state index contributed by atoms with van der Waals surface area (Å²) in [4.78, 5) is 45.9. The molecule has 10 heteroatoms. The quantitative estimate of drug-likeness (QED) is 0.450. The third kappa shape index (κ3) is 3.49. The van der Waals surface area contributed by atoms with Crippen molar-refractivity contribution in [3.05, 3.63) is 55.9 Å². The predicted octanol–water partition coefficient (Wildman–Crippen LogP) is 0.338. The second-order valence-electron chi connectivity index (χ2n) is 5.18. The lowest BCUT2D eigenvalue weighted by molar-refractivity contribution is -0.119. The number of benzene rings is 1. The summed E-state index contributed by atoms with van der Waals surface area (Å²) in [6.45, 7) is -0.225. The number of hydrogen-bond donors (Lipinski definition) is 2. The summed E-state index contributed by atoms with van der Waals surface area (Å²) < 4.78 is 10.7. The zero-order valence-corrected chi connectivity index (χ0v) is 14.3. The second kappa shape index (κ2) is 6.84. The molecule has 134 valence electrons. The van der Waals surface area contributed by atoms with Gasteiger partial charge in [0.2, 0.25) is 0 Å². The lowest BCUT2D eigenvalue weighted by Crippen LogP contribution is -2.19. The Kier molecular flexibility index (Phi) is 4.59. The van der Waals surface area contributed by atoms with Crippen molar-refractivity contribution in [2.24, 2.45) is 5.73 Å². The molecule has 0 aliphatic heterocycles. The maximum atomic E-state index is 11.9. The highest BCUT2D eigenvalue weighted by Crippen LogP contribution is 2.36. The summed E-state index contributed by atoms with van der Waals surface area (Å²) in [6, 6.07) is 8.41. The Morgan fingerprint density at radius 1 is 1.19 bits per heavy atom. The Morgan fingerprint density at radius 2 is 1.85 bits per heavy atom. The summed E-state index contributed by atoms with van der Waals surface area (Å²) in [7, 11) is 1.24. The van der Waals surface area contributed by atoms with Gasteiger partial charge in [-0.15, -0.1) is 11.3 Å². The van der Waals surface area contributed by atoms with E-state index in [1.807, 2.05) is 0 Å². The number of ether oxygens (including phenoxy) is 2. The number of nitrogens with one attached hydrogen (secondary N) is 1. The lowest BCUT2D eigenvalue weighted by Gasteiger charge is -2.04. The zero-order valence-electron chi connectivity index (χ0n) is 13.5. The molecule has 26 heavy (non-hydrogen) atoms. The molecule has 9 nitrogen and oxygen atoms in total. The molecule has 3 N–H and O–H groups in total. The number of aromatic nitrogens is 1. The molecule has 1 amide bonds. The maximum absolute atomic E-state index is 11.9. The van der Waals surface area contributed by atoms with E-state index >= 15 is 0 Å². The van der Waals surface area contributed by atoms with Crippen molar-refractivity contribution >= 4 is 28.9 Å². The van der Waals surface area contributed by atoms with Crippen molar-refractivity contribution in [2.45, 2.75) is 0 Å². The van der Waals surface area contributed by atoms with E-state index in [1.165, 1.54) is 7.11 Å². The van der Waals surface area contributed by atoms with Crippen molar-refractivity contribution in [3.63, 3.8) is 0 Å². The van der Waals surface area contributed by atoms with Gasteiger partial charge < -0.3 is 15.2 Å². The Bertz CT molecular complexity index is 1020. The molecule has 0 aliphatic rings. The number of carbonyl (C=O) groups is 2. The second-order valence-corrected chi connectivity index (χ2v) is 6.23. The Hall–Kier alpha value is -3.40. The van der Waals surface area contributed by atoms with Gasteiger partial charge in [-0.1, -0.05) is 0 Å². The number of primary amides is 1. The van der Waals surface area contributed by atoms with Crippen LogP contribution in [0.25, 0.3) is 10.4 Å². The van der Waals surface area contributed by atoms with Gasteiger partial charge in [-0.25, -0.2) is 4.79 Å². The molecule has 2 heterocycles. The van der Waals surface area contributed by atoms with Crippen LogP contribution in [-0.4, -0.2) is 30.3 Å². The molecule has 0 bridgehead atoms. The number of anilines is 1. The SMILES string of the molecule is COC(=O)c1sc(-c2ccc(OCC(N)=O)cc2)cc1Nn1c(=O)c1=O. The molecule has 3 rings (SSSR count). The van der Waals surface area contributed by atoms with E-state index in [2.05, 4.69) is 5.43 Å². The van der Waals surface area contributed by atoms with Crippen molar-refractivity contribution < 1.29 is 19.1 Å². The van der Waals surface area contributed by atoms with Crippen LogP contribution in [0, 0.1) is 0 Å². The number of rotatable bonds is 7. The highest BCUT2D eigenvalue weighted by atomic mass is 32.1. The van der Waals surface area contributed by atoms with E-state index in [-0.39, 0.29) is 11.5 Å². The van der Waals surface area contributed by atoms with Gasteiger partial charge in [-0.2, -0.15) is 4.68 Å². The van der Waals surface area contributed by atoms with E-state index < -0.39 is 23.0 Å². The molecule has 3 aromatic rings. The summed E-state index contributed by atoms with van der Waals surface area (Å²) in [5.74, 6) is -0.701. The number of carbonyl (C=O) groups excluding carboxylic acids is 2. The van der Waals surface area contributed by atoms with Gasteiger partial charge in [-0.3, -0.25) is 19.8 Å². The monoisotopic (exact) mass is 375 g/mol.